The van der Waals surface area contributed by atoms with Crippen LogP contribution in [0, 0.1) is 0 Å². The van der Waals surface area contributed by atoms with E-state index in [2.05, 4.69) is 29.2 Å². The number of carbonyl (C=O) groups excluding carboxylic acids is 1. The van der Waals surface area contributed by atoms with Gasteiger partial charge in [-0.15, -0.1) is 0 Å². The van der Waals surface area contributed by atoms with Crippen molar-refractivity contribution in [2.45, 2.75) is 32.2 Å². The molecule has 0 aromatic heterocycles. The summed E-state index contributed by atoms with van der Waals surface area (Å²) < 4.78 is 0. The molecule has 2 N–H and O–H groups in total. The Kier molecular flexibility index (Phi) is 4.15. The molecule has 1 heterocycles. The molecule has 17 heavy (non-hydrogen) atoms. The molecule has 0 unspecified atom stereocenters. The number of hydrogen-bond acceptors (Lipinski definition) is 2. The van der Waals surface area contributed by atoms with Gasteiger partial charge in [-0.05, 0) is 36.9 Å². The van der Waals surface area contributed by atoms with Crippen LogP contribution < -0.4 is 5.73 Å². The van der Waals surface area contributed by atoms with Gasteiger partial charge in [0.15, 0.2) is 0 Å². The third kappa shape index (κ3) is 3.56. The van der Waals surface area contributed by atoms with E-state index in [-0.39, 0.29) is 5.91 Å². The average molecular weight is 232 g/mol. The molecule has 0 atom stereocenters. The highest BCUT2D eigenvalue weighted by atomic mass is 16.1. The SMILES string of the molecule is NC(=O)CCCCN1CCc2ccccc2C1. The monoisotopic (exact) mass is 232 g/mol. The van der Waals surface area contributed by atoms with Crippen LogP contribution in [-0.2, 0) is 17.8 Å². The lowest BCUT2D eigenvalue weighted by Gasteiger charge is -2.28. The zero-order chi connectivity index (χ0) is 12.1. The maximum Gasteiger partial charge on any atom is 0.217 e. The molecule has 1 aromatic carbocycles. The summed E-state index contributed by atoms with van der Waals surface area (Å²) in [5, 5.41) is 0. The van der Waals surface area contributed by atoms with Crippen LogP contribution in [-0.4, -0.2) is 23.9 Å². The van der Waals surface area contributed by atoms with E-state index in [9.17, 15) is 4.79 Å². The van der Waals surface area contributed by atoms with Crippen molar-refractivity contribution in [3.05, 3.63) is 35.4 Å². The highest BCUT2D eigenvalue weighted by molar-refractivity contribution is 5.73. The van der Waals surface area contributed by atoms with E-state index in [1.165, 1.54) is 11.1 Å². The fourth-order valence-electron chi connectivity index (χ4n) is 2.38. The number of amides is 1. The predicted octanol–water partition coefficient (Wildman–Crippen LogP) is 1.70. The first-order valence-corrected chi connectivity index (χ1v) is 6.33. The van der Waals surface area contributed by atoms with Crippen LogP contribution in [0.25, 0.3) is 0 Å². The van der Waals surface area contributed by atoms with Crippen molar-refractivity contribution in [3.8, 4) is 0 Å². The number of carbonyl (C=O) groups is 1. The van der Waals surface area contributed by atoms with Gasteiger partial charge in [0.2, 0.25) is 5.91 Å². The van der Waals surface area contributed by atoms with Crippen LogP contribution in [0.15, 0.2) is 24.3 Å². The third-order valence-electron chi connectivity index (χ3n) is 3.36. The van der Waals surface area contributed by atoms with E-state index >= 15 is 0 Å². The zero-order valence-electron chi connectivity index (χ0n) is 10.2. The van der Waals surface area contributed by atoms with Gasteiger partial charge in [-0.3, -0.25) is 9.69 Å². The van der Waals surface area contributed by atoms with E-state index in [1.807, 2.05) is 0 Å². The molecule has 0 saturated heterocycles. The molecule has 0 fully saturated rings. The van der Waals surface area contributed by atoms with Crippen LogP contribution in [0.3, 0.4) is 0 Å². The van der Waals surface area contributed by atoms with Crippen LogP contribution in [0.2, 0.25) is 0 Å². The molecule has 1 aliphatic heterocycles. The number of unbranched alkanes of at least 4 members (excludes halogenated alkanes) is 1. The number of primary amides is 1. The predicted molar refractivity (Wildman–Crippen MR) is 68.5 cm³/mol. The Morgan fingerprint density at radius 2 is 2.00 bits per heavy atom. The normalized spacial score (nSPS) is 15.5. The van der Waals surface area contributed by atoms with Crippen LogP contribution in [0.4, 0.5) is 0 Å². The van der Waals surface area contributed by atoms with Crippen molar-refractivity contribution in [1.82, 2.24) is 4.90 Å². The number of rotatable bonds is 5. The molecule has 3 nitrogen and oxygen atoms in total. The van der Waals surface area contributed by atoms with Crippen LogP contribution in [0.1, 0.15) is 30.4 Å². The van der Waals surface area contributed by atoms with Crippen molar-refractivity contribution in [3.63, 3.8) is 0 Å². The molecule has 0 spiro atoms. The second-order valence-corrected chi connectivity index (χ2v) is 4.72. The summed E-state index contributed by atoms with van der Waals surface area (Å²) in [6.45, 7) is 3.25. The Balaban J connectivity index is 1.76. The quantitative estimate of drug-likeness (QED) is 0.785. The Morgan fingerprint density at radius 3 is 2.76 bits per heavy atom. The molecule has 92 valence electrons. The third-order valence-corrected chi connectivity index (χ3v) is 3.36. The summed E-state index contributed by atoms with van der Waals surface area (Å²) in [5.74, 6) is -0.186. The minimum atomic E-state index is -0.186. The minimum Gasteiger partial charge on any atom is -0.370 e. The average Bonchev–Trinajstić information content (AvgIpc) is 2.34. The molecular formula is C14H20N2O. The standard InChI is InChI=1S/C14H20N2O/c15-14(17)7-3-4-9-16-10-8-12-5-1-2-6-13(12)11-16/h1-2,5-6H,3-4,7-11H2,(H2,15,17). The van der Waals surface area contributed by atoms with E-state index in [0.29, 0.717) is 6.42 Å². The first-order chi connectivity index (χ1) is 8.25. The smallest absolute Gasteiger partial charge is 0.217 e. The molecule has 2 rings (SSSR count). The Hall–Kier alpha value is -1.35. The fraction of sp³-hybridized carbons (Fsp3) is 0.500. The molecule has 0 radical (unpaired) electrons. The van der Waals surface area contributed by atoms with Gasteiger partial charge in [-0.25, -0.2) is 0 Å². The summed E-state index contributed by atoms with van der Waals surface area (Å²) in [5.41, 5.74) is 8.06. The molecule has 0 bridgehead atoms. The van der Waals surface area contributed by atoms with Gasteiger partial charge in [0, 0.05) is 19.5 Å². The number of hydrogen-bond donors (Lipinski definition) is 1. The fourth-order valence-corrected chi connectivity index (χ4v) is 2.38. The minimum absolute atomic E-state index is 0.186. The number of fused-ring (bicyclic) bond motifs is 1. The van der Waals surface area contributed by atoms with Crippen molar-refractivity contribution in [2.24, 2.45) is 5.73 Å². The Bertz CT molecular complexity index is 390. The Labute approximate surface area is 103 Å². The zero-order valence-corrected chi connectivity index (χ0v) is 10.2. The molecular weight excluding hydrogens is 212 g/mol. The first-order valence-electron chi connectivity index (χ1n) is 6.33. The van der Waals surface area contributed by atoms with Crippen molar-refractivity contribution < 1.29 is 4.79 Å². The van der Waals surface area contributed by atoms with Crippen molar-refractivity contribution in [2.75, 3.05) is 13.1 Å². The topological polar surface area (TPSA) is 46.3 Å². The lowest BCUT2D eigenvalue weighted by molar-refractivity contribution is -0.118. The molecule has 3 heteroatoms. The van der Waals surface area contributed by atoms with Gasteiger partial charge < -0.3 is 5.73 Å². The van der Waals surface area contributed by atoms with E-state index in [0.717, 1.165) is 38.9 Å². The molecule has 0 aliphatic carbocycles. The lowest BCUT2D eigenvalue weighted by atomic mass is 10.00. The van der Waals surface area contributed by atoms with E-state index < -0.39 is 0 Å². The molecule has 1 aromatic rings. The second-order valence-electron chi connectivity index (χ2n) is 4.72. The summed E-state index contributed by atoms with van der Waals surface area (Å²) in [6.07, 6.45) is 3.63. The first kappa shape index (κ1) is 12.1. The summed E-state index contributed by atoms with van der Waals surface area (Å²) in [6, 6.07) is 8.65. The van der Waals surface area contributed by atoms with Crippen molar-refractivity contribution in [1.29, 1.82) is 0 Å². The van der Waals surface area contributed by atoms with E-state index in [4.69, 9.17) is 5.73 Å². The van der Waals surface area contributed by atoms with Gasteiger partial charge in [-0.2, -0.15) is 0 Å². The molecule has 0 saturated carbocycles. The molecule has 1 aliphatic rings. The largest absolute Gasteiger partial charge is 0.370 e. The second kappa shape index (κ2) is 5.82. The van der Waals surface area contributed by atoms with E-state index in [1.54, 1.807) is 0 Å². The van der Waals surface area contributed by atoms with Crippen LogP contribution >= 0.6 is 0 Å². The number of nitrogens with two attached hydrogens (primary N) is 1. The van der Waals surface area contributed by atoms with Gasteiger partial charge in [0.1, 0.15) is 0 Å². The van der Waals surface area contributed by atoms with Crippen LogP contribution in [0.5, 0.6) is 0 Å². The van der Waals surface area contributed by atoms with Gasteiger partial charge in [0.25, 0.3) is 0 Å². The maximum atomic E-state index is 10.6. The number of nitrogens with zero attached hydrogens (tertiary/aromatic N) is 1. The highest BCUT2D eigenvalue weighted by Gasteiger charge is 2.14. The lowest BCUT2D eigenvalue weighted by Crippen LogP contribution is -2.31. The van der Waals surface area contributed by atoms with Gasteiger partial charge in [0.05, 0.1) is 0 Å². The summed E-state index contributed by atoms with van der Waals surface area (Å²) >= 11 is 0. The number of benzene rings is 1. The maximum absolute atomic E-state index is 10.6. The van der Waals surface area contributed by atoms with Gasteiger partial charge >= 0.3 is 0 Å². The van der Waals surface area contributed by atoms with Crippen molar-refractivity contribution >= 4 is 5.91 Å². The van der Waals surface area contributed by atoms with Gasteiger partial charge in [-0.1, -0.05) is 24.3 Å². The summed E-state index contributed by atoms with van der Waals surface area (Å²) in [7, 11) is 0. The Morgan fingerprint density at radius 1 is 1.24 bits per heavy atom. The summed E-state index contributed by atoms with van der Waals surface area (Å²) in [4.78, 5) is 13.1. The molecule has 1 amide bonds. The highest BCUT2D eigenvalue weighted by Crippen LogP contribution is 2.18.